The number of rotatable bonds is 1. The molecule has 2 aromatic rings. The van der Waals surface area contributed by atoms with E-state index in [4.69, 9.17) is 19.4 Å². The Morgan fingerprint density at radius 3 is 2.79 bits per heavy atom. The Balaban J connectivity index is 2.40. The Morgan fingerprint density at radius 1 is 1.42 bits per heavy atom. The first kappa shape index (κ1) is 12.7. The van der Waals surface area contributed by atoms with Crippen LogP contribution in [0.4, 0.5) is 0 Å². The molecule has 0 aromatic carbocycles. The number of hydrogen-bond donors (Lipinski definition) is 0. The standard InChI is InChI=1S/C13H13BClN3O/c1-7-9-6-16-13(15)17-11(9)18(12(19)10(7)14)8-4-2-3-5-8/h6,8H,2-5H2,1H3. The van der Waals surface area contributed by atoms with Gasteiger partial charge >= 0.3 is 0 Å². The number of fused-ring (bicyclic) bond motifs is 1. The minimum Gasteiger partial charge on any atom is -0.290 e. The Kier molecular flexibility index (Phi) is 3.09. The zero-order valence-corrected chi connectivity index (χ0v) is 11.4. The summed E-state index contributed by atoms with van der Waals surface area (Å²) in [6, 6.07) is 0.170. The van der Waals surface area contributed by atoms with E-state index in [-0.39, 0.29) is 22.3 Å². The van der Waals surface area contributed by atoms with E-state index in [1.54, 1.807) is 10.8 Å². The summed E-state index contributed by atoms with van der Waals surface area (Å²) in [5, 5.41) is 0.955. The van der Waals surface area contributed by atoms with Gasteiger partial charge in [0.1, 0.15) is 13.5 Å². The van der Waals surface area contributed by atoms with Crippen molar-refractivity contribution in [2.45, 2.75) is 38.6 Å². The minimum atomic E-state index is -0.160. The highest BCUT2D eigenvalue weighted by molar-refractivity contribution is 6.34. The normalized spacial score (nSPS) is 16.3. The Labute approximate surface area is 117 Å². The summed E-state index contributed by atoms with van der Waals surface area (Å²) in [7, 11) is 5.93. The van der Waals surface area contributed by atoms with Gasteiger partial charge in [-0.05, 0) is 42.4 Å². The predicted octanol–water partition coefficient (Wildman–Crippen LogP) is 1.66. The zero-order chi connectivity index (χ0) is 13.6. The molecule has 3 rings (SSSR count). The van der Waals surface area contributed by atoms with E-state index in [9.17, 15) is 4.79 Å². The van der Waals surface area contributed by atoms with E-state index >= 15 is 0 Å². The number of halogens is 1. The van der Waals surface area contributed by atoms with E-state index in [2.05, 4.69) is 9.97 Å². The van der Waals surface area contributed by atoms with E-state index in [0.29, 0.717) is 5.65 Å². The van der Waals surface area contributed by atoms with Crippen molar-refractivity contribution in [1.82, 2.24) is 14.5 Å². The number of pyridine rings is 1. The van der Waals surface area contributed by atoms with Crippen LogP contribution in [0.1, 0.15) is 37.3 Å². The fraction of sp³-hybridized carbons (Fsp3) is 0.462. The molecule has 1 saturated carbocycles. The lowest BCUT2D eigenvalue weighted by atomic mass is 9.91. The molecule has 1 aliphatic carbocycles. The summed E-state index contributed by atoms with van der Waals surface area (Å²) < 4.78 is 1.71. The highest BCUT2D eigenvalue weighted by atomic mass is 35.5. The van der Waals surface area contributed by atoms with E-state index < -0.39 is 0 Å². The summed E-state index contributed by atoms with van der Waals surface area (Å²) in [6.07, 6.45) is 5.87. The molecule has 96 valence electrons. The van der Waals surface area contributed by atoms with Crippen LogP contribution >= 0.6 is 11.6 Å². The van der Waals surface area contributed by atoms with Crippen molar-refractivity contribution < 1.29 is 0 Å². The molecule has 0 aliphatic heterocycles. The van der Waals surface area contributed by atoms with Crippen LogP contribution in [0, 0.1) is 6.92 Å². The maximum Gasteiger partial charge on any atom is 0.245 e. The van der Waals surface area contributed by atoms with Crippen molar-refractivity contribution in [2.75, 3.05) is 0 Å². The predicted molar refractivity (Wildman–Crippen MR) is 76.4 cm³/mol. The van der Waals surface area contributed by atoms with Crippen LogP contribution in [-0.2, 0) is 0 Å². The van der Waals surface area contributed by atoms with Crippen molar-refractivity contribution in [2.24, 2.45) is 0 Å². The first-order chi connectivity index (χ1) is 9.09. The van der Waals surface area contributed by atoms with E-state index in [0.717, 1.165) is 36.6 Å². The average Bonchev–Trinajstić information content (AvgIpc) is 2.90. The smallest absolute Gasteiger partial charge is 0.245 e. The second kappa shape index (κ2) is 4.64. The molecule has 2 heterocycles. The number of aromatic nitrogens is 3. The number of aryl methyl sites for hydroxylation is 1. The van der Waals surface area contributed by atoms with Gasteiger partial charge in [-0.25, -0.2) is 4.98 Å². The minimum absolute atomic E-state index is 0.155. The van der Waals surface area contributed by atoms with Crippen molar-refractivity contribution in [3.05, 3.63) is 27.4 Å². The number of hydrogen-bond acceptors (Lipinski definition) is 3. The fourth-order valence-corrected chi connectivity index (χ4v) is 2.96. The van der Waals surface area contributed by atoms with Gasteiger partial charge in [0.25, 0.3) is 0 Å². The molecule has 6 heteroatoms. The van der Waals surface area contributed by atoms with Gasteiger partial charge in [0.2, 0.25) is 10.8 Å². The summed E-state index contributed by atoms with van der Waals surface area (Å²) in [4.78, 5) is 20.7. The summed E-state index contributed by atoms with van der Waals surface area (Å²) in [5.41, 5.74) is 1.45. The summed E-state index contributed by atoms with van der Waals surface area (Å²) >= 11 is 5.87. The topological polar surface area (TPSA) is 47.8 Å². The van der Waals surface area contributed by atoms with Crippen LogP contribution in [0.2, 0.25) is 5.28 Å². The van der Waals surface area contributed by atoms with E-state index in [1.165, 1.54) is 0 Å². The Hall–Kier alpha value is -1.36. The van der Waals surface area contributed by atoms with Crippen molar-refractivity contribution in [3.63, 3.8) is 0 Å². The van der Waals surface area contributed by atoms with Crippen LogP contribution < -0.4 is 11.0 Å². The Bertz CT molecular complexity index is 707. The molecule has 2 radical (unpaired) electrons. The van der Waals surface area contributed by atoms with Crippen LogP contribution in [0.25, 0.3) is 11.0 Å². The molecule has 0 saturated heterocycles. The van der Waals surface area contributed by atoms with Crippen molar-refractivity contribution in [1.29, 1.82) is 0 Å². The van der Waals surface area contributed by atoms with Crippen LogP contribution in [0.3, 0.4) is 0 Å². The SMILES string of the molecule is [B]c1c(C)c2cnc(Cl)nc2n(C2CCCC2)c1=O. The van der Waals surface area contributed by atoms with Crippen LogP contribution in [0.15, 0.2) is 11.0 Å². The lowest BCUT2D eigenvalue weighted by Gasteiger charge is -2.18. The molecule has 2 aromatic heterocycles. The van der Waals surface area contributed by atoms with Gasteiger partial charge in [0.05, 0.1) is 0 Å². The highest BCUT2D eigenvalue weighted by Crippen LogP contribution is 2.30. The third kappa shape index (κ3) is 1.96. The first-order valence-electron chi connectivity index (χ1n) is 6.42. The molecule has 19 heavy (non-hydrogen) atoms. The van der Waals surface area contributed by atoms with Crippen molar-refractivity contribution in [3.8, 4) is 0 Å². The van der Waals surface area contributed by atoms with Gasteiger partial charge in [-0.2, -0.15) is 4.98 Å². The molecular formula is C13H13BClN3O. The van der Waals surface area contributed by atoms with Gasteiger partial charge < -0.3 is 0 Å². The molecule has 0 bridgehead atoms. The van der Waals surface area contributed by atoms with Gasteiger partial charge in [0, 0.05) is 17.6 Å². The molecule has 1 fully saturated rings. The largest absolute Gasteiger partial charge is 0.290 e. The van der Waals surface area contributed by atoms with Gasteiger partial charge in [0.15, 0.2) is 0 Å². The lowest BCUT2D eigenvalue weighted by Crippen LogP contribution is -2.38. The maximum absolute atomic E-state index is 12.4. The molecule has 0 unspecified atom stereocenters. The molecule has 0 spiro atoms. The molecule has 0 N–H and O–H groups in total. The quantitative estimate of drug-likeness (QED) is 0.586. The number of nitrogens with zero attached hydrogens (tertiary/aromatic N) is 3. The first-order valence-corrected chi connectivity index (χ1v) is 6.80. The highest BCUT2D eigenvalue weighted by Gasteiger charge is 2.22. The molecule has 0 amide bonds. The second-order valence-electron chi connectivity index (χ2n) is 5.03. The van der Waals surface area contributed by atoms with Crippen LogP contribution in [-0.4, -0.2) is 22.4 Å². The third-order valence-electron chi connectivity index (χ3n) is 3.91. The van der Waals surface area contributed by atoms with Crippen molar-refractivity contribution >= 4 is 35.9 Å². The summed E-state index contributed by atoms with van der Waals surface area (Å²) in [6.45, 7) is 1.81. The third-order valence-corrected chi connectivity index (χ3v) is 4.10. The zero-order valence-electron chi connectivity index (χ0n) is 10.7. The second-order valence-corrected chi connectivity index (χ2v) is 5.37. The van der Waals surface area contributed by atoms with E-state index in [1.807, 2.05) is 6.92 Å². The Morgan fingerprint density at radius 2 is 2.11 bits per heavy atom. The average molecular weight is 274 g/mol. The van der Waals surface area contributed by atoms with Gasteiger partial charge in [-0.15, -0.1) is 0 Å². The van der Waals surface area contributed by atoms with Gasteiger partial charge in [-0.3, -0.25) is 9.36 Å². The van der Waals surface area contributed by atoms with Crippen LogP contribution in [0.5, 0.6) is 0 Å². The molecule has 1 aliphatic rings. The van der Waals surface area contributed by atoms with Gasteiger partial charge in [-0.1, -0.05) is 12.8 Å². The molecule has 4 nitrogen and oxygen atoms in total. The molecule has 0 atom stereocenters. The lowest BCUT2D eigenvalue weighted by molar-refractivity contribution is 0.517. The fourth-order valence-electron chi connectivity index (χ4n) is 2.83. The molecular weight excluding hydrogens is 260 g/mol. The maximum atomic E-state index is 12.4. The summed E-state index contributed by atoms with van der Waals surface area (Å²) in [5.74, 6) is 0. The monoisotopic (exact) mass is 273 g/mol.